The minimum atomic E-state index is -1.18. The van der Waals surface area contributed by atoms with Crippen molar-refractivity contribution in [2.75, 3.05) is 7.11 Å². The lowest BCUT2D eigenvalue weighted by molar-refractivity contribution is -0.139. The van der Waals surface area contributed by atoms with E-state index < -0.39 is 17.9 Å². The monoisotopic (exact) mass is 366 g/mol. The average Bonchev–Trinajstić information content (AvgIpc) is 2.67. The maximum Gasteiger partial charge on any atom is 0.326 e. The topological polar surface area (TPSA) is 108 Å². The summed E-state index contributed by atoms with van der Waals surface area (Å²) in [5.74, 6) is -1.10. The minimum absolute atomic E-state index is 0.0122. The van der Waals surface area contributed by atoms with Gasteiger partial charge < -0.3 is 20.1 Å². The number of amides is 1. The summed E-state index contributed by atoms with van der Waals surface area (Å²) in [6.45, 7) is 0. The van der Waals surface area contributed by atoms with Gasteiger partial charge in [-0.1, -0.05) is 18.2 Å². The highest BCUT2D eigenvalue weighted by Gasteiger charge is 2.22. The number of aromatic nitrogens is 1. The third-order valence-electron chi connectivity index (χ3n) is 4.22. The number of carboxylic acid groups (broad SMARTS) is 1. The number of carbonyl (C=O) groups excluding carboxylic acids is 1. The molecule has 0 saturated carbocycles. The molecule has 0 saturated heterocycles. The van der Waals surface area contributed by atoms with Crippen LogP contribution < -0.4 is 15.6 Å². The van der Waals surface area contributed by atoms with Gasteiger partial charge in [-0.15, -0.1) is 0 Å². The summed E-state index contributed by atoms with van der Waals surface area (Å²) in [6, 6.07) is 13.6. The number of carboxylic acids is 1. The van der Waals surface area contributed by atoms with Crippen molar-refractivity contribution >= 4 is 22.8 Å². The highest BCUT2D eigenvalue weighted by atomic mass is 16.5. The summed E-state index contributed by atoms with van der Waals surface area (Å²) in [6.07, 6.45) is -0.0122. The van der Waals surface area contributed by atoms with E-state index in [0.29, 0.717) is 22.4 Å². The fourth-order valence-corrected chi connectivity index (χ4v) is 2.85. The van der Waals surface area contributed by atoms with E-state index in [1.54, 1.807) is 48.5 Å². The summed E-state index contributed by atoms with van der Waals surface area (Å²) in [7, 11) is 1.52. The van der Waals surface area contributed by atoms with Crippen molar-refractivity contribution in [3.63, 3.8) is 0 Å². The molecule has 3 aromatic rings. The van der Waals surface area contributed by atoms with Crippen LogP contribution in [0.2, 0.25) is 0 Å². The Morgan fingerprint density at radius 2 is 1.85 bits per heavy atom. The summed E-state index contributed by atoms with van der Waals surface area (Å²) in [4.78, 5) is 38.6. The zero-order valence-corrected chi connectivity index (χ0v) is 14.6. The molecule has 1 heterocycles. The van der Waals surface area contributed by atoms with Crippen LogP contribution in [0.4, 0.5) is 0 Å². The van der Waals surface area contributed by atoms with Crippen molar-refractivity contribution in [3.8, 4) is 5.75 Å². The molecule has 0 aliphatic heterocycles. The van der Waals surface area contributed by atoms with Crippen molar-refractivity contribution in [3.05, 3.63) is 76.1 Å². The summed E-state index contributed by atoms with van der Waals surface area (Å²) < 4.78 is 5.04. The molecular weight excluding hydrogens is 348 g/mol. The lowest BCUT2D eigenvalue weighted by Crippen LogP contribution is -2.42. The average molecular weight is 366 g/mol. The van der Waals surface area contributed by atoms with Gasteiger partial charge in [-0.3, -0.25) is 9.59 Å². The molecule has 1 aromatic heterocycles. The third-order valence-corrected chi connectivity index (χ3v) is 4.22. The molecule has 0 aliphatic carbocycles. The first-order valence-electron chi connectivity index (χ1n) is 8.26. The second-order valence-corrected chi connectivity index (χ2v) is 6.00. The zero-order chi connectivity index (χ0) is 19.4. The molecule has 1 unspecified atom stereocenters. The molecule has 3 rings (SSSR count). The number of carbonyl (C=O) groups is 2. The first-order valence-corrected chi connectivity index (χ1v) is 8.26. The highest BCUT2D eigenvalue weighted by Crippen LogP contribution is 2.17. The van der Waals surface area contributed by atoms with E-state index in [4.69, 9.17) is 4.74 Å². The van der Waals surface area contributed by atoms with Gasteiger partial charge in [0.15, 0.2) is 0 Å². The van der Waals surface area contributed by atoms with Crippen molar-refractivity contribution < 1.29 is 19.4 Å². The van der Waals surface area contributed by atoms with Gasteiger partial charge in [-0.25, -0.2) is 4.79 Å². The van der Waals surface area contributed by atoms with Gasteiger partial charge in [-0.05, 0) is 35.9 Å². The van der Waals surface area contributed by atoms with Gasteiger partial charge in [0.05, 0.1) is 7.11 Å². The molecule has 3 N–H and O–H groups in total. The van der Waals surface area contributed by atoms with E-state index in [0.717, 1.165) is 5.39 Å². The number of rotatable bonds is 6. The molecule has 7 heteroatoms. The Morgan fingerprint density at radius 3 is 2.52 bits per heavy atom. The largest absolute Gasteiger partial charge is 0.497 e. The number of hydrogen-bond acceptors (Lipinski definition) is 4. The van der Waals surface area contributed by atoms with Crippen molar-refractivity contribution in [1.29, 1.82) is 0 Å². The van der Waals surface area contributed by atoms with E-state index in [-0.39, 0.29) is 12.0 Å². The maximum absolute atomic E-state index is 12.4. The van der Waals surface area contributed by atoms with Crippen molar-refractivity contribution in [2.24, 2.45) is 0 Å². The summed E-state index contributed by atoms with van der Waals surface area (Å²) in [5, 5.41) is 12.8. The van der Waals surface area contributed by atoms with E-state index >= 15 is 0 Å². The Kier molecular flexibility index (Phi) is 5.21. The molecule has 1 atom stereocenters. The van der Waals surface area contributed by atoms with Gasteiger partial charge in [0, 0.05) is 29.0 Å². The Balaban J connectivity index is 1.85. The van der Waals surface area contributed by atoms with Crippen LogP contribution in [0.15, 0.2) is 59.4 Å². The molecule has 1 amide bonds. The number of fused-ring (bicyclic) bond motifs is 1. The maximum atomic E-state index is 12.4. The molecule has 138 valence electrons. The molecule has 0 aliphatic rings. The molecule has 0 fully saturated rings. The lowest BCUT2D eigenvalue weighted by atomic mass is 10.0. The third kappa shape index (κ3) is 4.14. The lowest BCUT2D eigenvalue weighted by Gasteiger charge is -2.16. The number of aliphatic carboxylic acids is 1. The van der Waals surface area contributed by atoms with Crippen LogP contribution in [0, 0.1) is 0 Å². The van der Waals surface area contributed by atoms with Crippen LogP contribution >= 0.6 is 0 Å². The molecular formula is C20H18N2O5. The van der Waals surface area contributed by atoms with Crippen LogP contribution in [0.5, 0.6) is 5.75 Å². The second kappa shape index (κ2) is 7.74. The Hall–Kier alpha value is -3.61. The fraction of sp³-hybridized carbons (Fsp3) is 0.150. The van der Waals surface area contributed by atoms with Crippen LogP contribution in [0.1, 0.15) is 15.9 Å². The second-order valence-electron chi connectivity index (χ2n) is 6.00. The molecule has 0 bridgehead atoms. The molecule has 27 heavy (non-hydrogen) atoms. The van der Waals surface area contributed by atoms with E-state index in [9.17, 15) is 19.5 Å². The number of pyridine rings is 1. The zero-order valence-electron chi connectivity index (χ0n) is 14.6. The number of ether oxygens (including phenoxy) is 1. The van der Waals surface area contributed by atoms with Gasteiger partial charge in [0.1, 0.15) is 11.8 Å². The van der Waals surface area contributed by atoms with Crippen LogP contribution in [-0.2, 0) is 11.2 Å². The first kappa shape index (κ1) is 18.2. The smallest absolute Gasteiger partial charge is 0.326 e. The number of aromatic amines is 1. The normalized spacial score (nSPS) is 11.7. The number of H-pyrrole nitrogens is 1. The summed E-state index contributed by atoms with van der Waals surface area (Å²) in [5.41, 5.74) is 1.16. The van der Waals surface area contributed by atoms with Gasteiger partial charge in [0.2, 0.25) is 5.56 Å². The SMILES string of the molecule is COc1ccc(C(=O)NC(Cc2cc(=O)[nH]c3ccccc23)C(=O)O)cc1. The van der Waals surface area contributed by atoms with Crippen molar-refractivity contribution in [2.45, 2.75) is 12.5 Å². The van der Waals surface area contributed by atoms with E-state index in [1.165, 1.54) is 13.2 Å². The quantitative estimate of drug-likeness (QED) is 0.618. The number of hydrogen-bond donors (Lipinski definition) is 3. The molecule has 2 aromatic carbocycles. The molecule has 0 spiro atoms. The van der Waals surface area contributed by atoms with Crippen LogP contribution in [-0.4, -0.2) is 35.1 Å². The number of benzene rings is 2. The van der Waals surface area contributed by atoms with Crippen LogP contribution in [0.25, 0.3) is 10.9 Å². The number of methoxy groups -OCH3 is 1. The predicted molar refractivity (Wildman–Crippen MR) is 100 cm³/mol. The molecule has 7 nitrogen and oxygen atoms in total. The van der Waals surface area contributed by atoms with E-state index in [1.807, 2.05) is 0 Å². The van der Waals surface area contributed by atoms with Gasteiger partial charge in [-0.2, -0.15) is 0 Å². The first-order chi connectivity index (χ1) is 13.0. The minimum Gasteiger partial charge on any atom is -0.497 e. The fourth-order valence-electron chi connectivity index (χ4n) is 2.85. The highest BCUT2D eigenvalue weighted by molar-refractivity contribution is 5.97. The summed E-state index contributed by atoms with van der Waals surface area (Å²) >= 11 is 0. The Labute approximate surface area is 154 Å². The Morgan fingerprint density at radius 1 is 1.15 bits per heavy atom. The van der Waals surface area contributed by atoms with Crippen molar-refractivity contribution in [1.82, 2.24) is 10.3 Å². The molecule has 0 radical (unpaired) electrons. The predicted octanol–water partition coefficient (Wildman–Crippen LogP) is 1.96. The van der Waals surface area contributed by atoms with Crippen LogP contribution in [0.3, 0.4) is 0 Å². The van der Waals surface area contributed by atoms with Gasteiger partial charge >= 0.3 is 5.97 Å². The number of nitrogens with one attached hydrogen (secondary N) is 2. The standard InChI is InChI=1S/C20H18N2O5/c1-27-14-8-6-12(7-9-14)19(24)22-17(20(25)26)10-13-11-18(23)21-16-5-3-2-4-15(13)16/h2-9,11,17H,10H2,1H3,(H,21,23)(H,22,24)(H,25,26). The van der Waals surface area contributed by atoms with Gasteiger partial charge in [0.25, 0.3) is 5.91 Å². The van der Waals surface area contributed by atoms with E-state index in [2.05, 4.69) is 10.3 Å². The number of para-hydroxylation sites is 1. The Bertz CT molecular complexity index is 1040.